The minimum atomic E-state index is -3.54. The van der Waals surface area contributed by atoms with Gasteiger partial charge in [0, 0.05) is 19.6 Å². The predicted octanol–water partition coefficient (Wildman–Crippen LogP) is 1.64. The normalized spacial score (nSPS) is 18.3. The molecule has 0 N–H and O–H groups in total. The third-order valence-electron chi connectivity index (χ3n) is 4.21. The Balaban J connectivity index is 1.86. The molecule has 0 bridgehead atoms. The molecule has 2 aromatic heterocycles. The Morgan fingerprint density at radius 3 is 2.87 bits per heavy atom. The van der Waals surface area contributed by atoms with Crippen molar-refractivity contribution in [2.75, 3.05) is 32.7 Å². The monoisotopic (exact) mass is 338 g/mol. The van der Waals surface area contributed by atoms with E-state index >= 15 is 0 Å². The van der Waals surface area contributed by atoms with Gasteiger partial charge in [0.1, 0.15) is 4.90 Å². The first-order valence-corrected chi connectivity index (χ1v) is 9.41. The molecule has 0 aromatic carbocycles. The van der Waals surface area contributed by atoms with E-state index < -0.39 is 10.0 Å². The third kappa shape index (κ3) is 3.24. The van der Waals surface area contributed by atoms with Crippen molar-refractivity contribution in [3.8, 4) is 0 Å². The third-order valence-corrected chi connectivity index (χ3v) is 6.07. The molecule has 3 rings (SSSR count). The van der Waals surface area contributed by atoms with Crippen molar-refractivity contribution in [2.24, 2.45) is 0 Å². The summed E-state index contributed by atoms with van der Waals surface area (Å²) in [5.41, 5.74) is 1.01. The van der Waals surface area contributed by atoms with Crippen LogP contribution in [-0.4, -0.2) is 60.5 Å². The van der Waals surface area contributed by atoms with Gasteiger partial charge in [0.15, 0.2) is 0 Å². The summed E-state index contributed by atoms with van der Waals surface area (Å²) in [7, 11) is -3.54. The van der Waals surface area contributed by atoms with Crippen molar-refractivity contribution in [1.82, 2.24) is 19.3 Å². The summed E-state index contributed by atoms with van der Waals surface area (Å²) >= 11 is 0. The van der Waals surface area contributed by atoms with Gasteiger partial charge in [-0.3, -0.25) is 0 Å². The lowest BCUT2D eigenvalue weighted by atomic mass is 10.3. The van der Waals surface area contributed by atoms with Crippen LogP contribution in [0.3, 0.4) is 0 Å². The second-order valence-corrected chi connectivity index (χ2v) is 7.83. The summed E-state index contributed by atoms with van der Waals surface area (Å²) in [5, 5.41) is 4.47. The van der Waals surface area contributed by atoms with Crippen LogP contribution in [0.15, 0.2) is 21.7 Å². The molecule has 1 saturated heterocycles. The van der Waals surface area contributed by atoms with Crippen LogP contribution in [0, 0.1) is 6.92 Å². The lowest BCUT2D eigenvalue weighted by Gasteiger charge is -2.21. The minimum absolute atomic E-state index is 0.209. The lowest BCUT2D eigenvalue weighted by Crippen LogP contribution is -2.35. The Kier molecular flexibility index (Phi) is 4.65. The number of fused-ring (bicyclic) bond motifs is 1. The fourth-order valence-electron chi connectivity index (χ4n) is 2.94. The number of hydrogen-bond acceptors (Lipinski definition) is 6. The molecule has 8 heteroatoms. The van der Waals surface area contributed by atoms with E-state index in [2.05, 4.69) is 22.0 Å². The largest absolute Gasteiger partial charge is 0.336 e. The molecule has 0 amide bonds. The molecule has 0 spiro atoms. The van der Waals surface area contributed by atoms with Crippen LogP contribution in [0.25, 0.3) is 11.1 Å². The molecule has 2 aromatic rings. The fourth-order valence-corrected chi connectivity index (χ4v) is 4.39. The molecule has 0 saturated carbocycles. The van der Waals surface area contributed by atoms with Gasteiger partial charge in [-0.15, -0.1) is 0 Å². The van der Waals surface area contributed by atoms with E-state index in [4.69, 9.17) is 4.52 Å². The standard InChI is InChI=1S/C15H22N4O3S/c1-3-5-18-6-4-7-19(9-8-18)23(20,21)13-10-14-12(2)17-22-15(14)16-11-13/h10-11H,3-9H2,1-2H3. The number of nitrogens with zero attached hydrogens (tertiary/aromatic N) is 4. The van der Waals surface area contributed by atoms with E-state index in [1.165, 1.54) is 6.20 Å². The van der Waals surface area contributed by atoms with E-state index in [1.54, 1.807) is 17.3 Å². The number of aryl methyl sites for hydroxylation is 1. The molecule has 0 aliphatic carbocycles. The average molecular weight is 338 g/mol. The highest BCUT2D eigenvalue weighted by atomic mass is 32.2. The molecule has 1 aliphatic rings. The molecular formula is C15H22N4O3S. The average Bonchev–Trinajstić information content (AvgIpc) is 2.75. The summed E-state index contributed by atoms with van der Waals surface area (Å²) in [6.45, 7) is 7.71. The van der Waals surface area contributed by atoms with Crippen LogP contribution in [0.5, 0.6) is 0 Å². The summed E-state index contributed by atoms with van der Waals surface area (Å²) in [6, 6.07) is 1.61. The number of aromatic nitrogens is 2. The predicted molar refractivity (Wildman–Crippen MR) is 86.6 cm³/mol. The lowest BCUT2D eigenvalue weighted by molar-refractivity contribution is 0.287. The molecule has 0 atom stereocenters. The zero-order valence-electron chi connectivity index (χ0n) is 13.5. The Morgan fingerprint density at radius 1 is 1.26 bits per heavy atom. The first-order chi connectivity index (χ1) is 11.0. The van der Waals surface area contributed by atoms with Crippen LogP contribution in [0.1, 0.15) is 25.5 Å². The molecule has 1 fully saturated rings. The van der Waals surface area contributed by atoms with Gasteiger partial charge in [-0.2, -0.15) is 4.31 Å². The molecule has 23 heavy (non-hydrogen) atoms. The second kappa shape index (κ2) is 6.54. The smallest absolute Gasteiger partial charge is 0.257 e. The zero-order chi connectivity index (χ0) is 16.4. The number of rotatable bonds is 4. The van der Waals surface area contributed by atoms with Crippen molar-refractivity contribution in [1.29, 1.82) is 0 Å². The van der Waals surface area contributed by atoms with Crippen LogP contribution in [0.2, 0.25) is 0 Å². The SMILES string of the molecule is CCCN1CCCN(S(=O)(=O)c2cnc3onc(C)c3c2)CC1. The first-order valence-electron chi connectivity index (χ1n) is 7.97. The Bertz CT molecular complexity index is 787. The highest BCUT2D eigenvalue weighted by molar-refractivity contribution is 7.89. The maximum Gasteiger partial charge on any atom is 0.257 e. The van der Waals surface area contributed by atoms with Gasteiger partial charge in [-0.05, 0) is 38.9 Å². The Morgan fingerprint density at radius 2 is 2.09 bits per heavy atom. The van der Waals surface area contributed by atoms with Gasteiger partial charge in [0.25, 0.3) is 5.71 Å². The topological polar surface area (TPSA) is 79.5 Å². The second-order valence-electron chi connectivity index (χ2n) is 5.89. The van der Waals surface area contributed by atoms with Crippen molar-refractivity contribution in [2.45, 2.75) is 31.6 Å². The molecular weight excluding hydrogens is 316 g/mol. The van der Waals surface area contributed by atoms with Gasteiger partial charge in [0.2, 0.25) is 10.0 Å². The van der Waals surface area contributed by atoms with Crippen LogP contribution in [-0.2, 0) is 10.0 Å². The van der Waals surface area contributed by atoms with Crippen LogP contribution >= 0.6 is 0 Å². The molecule has 126 valence electrons. The molecule has 7 nitrogen and oxygen atoms in total. The maximum atomic E-state index is 12.9. The van der Waals surface area contributed by atoms with Crippen LogP contribution < -0.4 is 0 Å². The van der Waals surface area contributed by atoms with Gasteiger partial charge < -0.3 is 9.42 Å². The maximum absolute atomic E-state index is 12.9. The van der Waals surface area contributed by atoms with Crippen LogP contribution in [0.4, 0.5) is 0 Å². The number of hydrogen-bond donors (Lipinski definition) is 0. The van der Waals surface area contributed by atoms with Crippen molar-refractivity contribution >= 4 is 21.1 Å². The number of sulfonamides is 1. The van der Waals surface area contributed by atoms with Crippen molar-refractivity contribution in [3.05, 3.63) is 18.0 Å². The first kappa shape index (κ1) is 16.4. The Hall–Kier alpha value is -1.51. The summed E-state index contributed by atoms with van der Waals surface area (Å²) in [5.74, 6) is 0. The van der Waals surface area contributed by atoms with E-state index in [0.29, 0.717) is 29.9 Å². The highest BCUT2D eigenvalue weighted by Gasteiger charge is 2.27. The van der Waals surface area contributed by atoms with E-state index in [-0.39, 0.29) is 4.90 Å². The van der Waals surface area contributed by atoms with Crippen molar-refractivity contribution in [3.63, 3.8) is 0 Å². The Labute approximate surface area is 136 Å². The zero-order valence-corrected chi connectivity index (χ0v) is 14.3. The van der Waals surface area contributed by atoms with Gasteiger partial charge in [0.05, 0.1) is 17.3 Å². The summed E-state index contributed by atoms with van der Waals surface area (Å²) in [4.78, 5) is 6.61. The quantitative estimate of drug-likeness (QED) is 0.843. The fraction of sp³-hybridized carbons (Fsp3) is 0.600. The molecule has 3 heterocycles. The summed E-state index contributed by atoms with van der Waals surface area (Å²) < 4.78 is 32.4. The van der Waals surface area contributed by atoms with E-state index in [1.807, 2.05) is 0 Å². The minimum Gasteiger partial charge on any atom is -0.336 e. The van der Waals surface area contributed by atoms with Gasteiger partial charge in [-0.25, -0.2) is 13.4 Å². The molecule has 1 aliphatic heterocycles. The van der Waals surface area contributed by atoms with E-state index in [0.717, 1.165) is 32.5 Å². The molecule has 0 radical (unpaired) electrons. The van der Waals surface area contributed by atoms with E-state index in [9.17, 15) is 8.42 Å². The summed E-state index contributed by atoms with van der Waals surface area (Å²) in [6.07, 6.45) is 3.29. The highest BCUT2D eigenvalue weighted by Crippen LogP contribution is 2.23. The number of pyridine rings is 1. The van der Waals surface area contributed by atoms with Gasteiger partial charge >= 0.3 is 0 Å². The molecule has 0 unspecified atom stereocenters. The van der Waals surface area contributed by atoms with Crippen molar-refractivity contribution < 1.29 is 12.9 Å². The van der Waals surface area contributed by atoms with Gasteiger partial charge in [-0.1, -0.05) is 12.1 Å².